The molecule has 0 aliphatic rings. The van der Waals surface area contributed by atoms with Crippen LogP contribution in [-0.2, 0) is 0 Å². The molecule has 15 heavy (non-hydrogen) atoms. The van der Waals surface area contributed by atoms with Crippen LogP contribution in [0.3, 0.4) is 0 Å². The van der Waals surface area contributed by atoms with Gasteiger partial charge >= 0.3 is 0 Å². The van der Waals surface area contributed by atoms with Gasteiger partial charge in [0.1, 0.15) is 5.82 Å². The maximum absolute atomic E-state index is 4.32. The van der Waals surface area contributed by atoms with E-state index in [-0.39, 0.29) is 0 Å². The second kappa shape index (κ2) is 4.35. The van der Waals surface area contributed by atoms with Gasteiger partial charge in [-0.25, -0.2) is 9.97 Å². The summed E-state index contributed by atoms with van der Waals surface area (Å²) in [6.45, 7) is 0. The van der Waals surface area contributed by atoms with E-state index in [0.717, 1.165) is 15.9 Å². The molecule has 0 fully saturated rings. The normalized spacial score (nSPS) is 10.0. The maximum Gasteiger partial charge on any atom is 0.163 e. The fourth-order valence-electron chi connectivity index (χ4n) is 1.17. The van der Waals surface area contributed by atoms with Crippen LogP contribution in [0.25, 0.3) is 11.4 Å². The lowest BCUT2D eigenvalue weighted by Gasteiger charge is -2.02. The summed E-state index contributed by atoms with van der Waals surface area (Å²) >= 11 is 3.36. The first-order valence-electron chi connectivity index (χ1n) is 4.41. The van der Waals surface area contributed by atoms with Crippen LogP contribution in [-0.4, -0.2) is 22.0 Å². The molecule has 2 rings (SSSR count). The lowest BCUT2D eigenvalue weighted by molar-refractivity contribution is 1.15. The zero-order valence-electron chi connectivity index (χ0n) is 8.11. The summed E-state index contributed by atoms with van der Waals surface area (Å²) < 4.78 is 0.915. The topological polar surface area (TPSA) is 50.7 Å². The molecule has 0 aromatic carbocycles. The van der Waals surface area contributed by atoms with E-state index < -0.39 is 0 Å². The summed E-state index contributed by atoms with van der Waals surface area (Å²) in [6.07, 6.45) is 5.18. The van der Waals surface area contributed by atoms with Crippen molar-refractivity contribution in [3.8, 4) is 11.4 Å². The zero-order chi connectivity index (χ0) is 10.7. The van der Waals surface area contributed by atoms with Crippen molar-refractivity contribution in [2.45, 2.75) is 0 Å². The first-order chi connectivity index (χ1) is 7.29. The van der Waals surface area contributed by atoms with E-state index in [9.17, 15) is 0 Å². The molecule has 0 spiro atoms. The van der Waals surface area contributed by atoms with Crippen LogP contribution in [0.4, 0.5) is 5.82 Å². The van der Waals surface area contributed by atoms with Crippen molar-refractivity contribution < 1.29 is 0 Å². The Morgan fingerprint density at radius 1 is 1.33 bits per heavy atom. The van der Waals surface area contributed by atoms with Gasteiger partial charge in [0.2, 0.25) is 0 Å². The van der Waals surface area contributed by atoms with Crippen LogP contribution in [0.2, 0.25) is 0 Å². The molecular weight excluding hydrogens is 256 g/mol. The molecule has 0 atom stereocenters. The average Bonchev–Trinajstić information content (AvgIpc) is 2.29. The molecule has 4 nitrogen and oxygen atoms in total. The predicted octanol–water partition coefficient (Wildman–Crippen LogP) is 2.34. The van der Waals surface area contributed by atoms with Crippen molar-refractivity contribution in [1.29, 1.82) is 0 Å². The number of pyridine rings is 1. The number of halogens is 1. The lowest BCUT2D eigenvalue weighted by atomic mass is 10.3. The van der Waals surface area contributed by atoms with Crippen molar-refractivity contribution >= 4 is 21.7 Å². The highest BCUT2D eigenvalue weighted by Gasteiger charge is 2.02. The van der Waals surface area contributed by atoms with Gasteiger partial charge < -0.3 is 5.32 Å². The third-order valence-corrected chi connectivity index (χ3v) is 2.31. The first-order valence-corrected chi connectivity index (χ1v) is 5.20. The molecule has 1 N–H and O–H groups in total. The van der Waals surface area contributed by atoms with Gasteiger partial charge in [0.25, 0.3) is 0 Å². The Balaban J connectivity index is 2.44. The summed E-state index contributed by atoms with van der Waals surface area (Å²) in [7, 11) is 1.82. The van der Waals surface area contributed by atoms with Crippen LogP contribution < -0.4 is 5.32 Å². The second-order valence-corrected chi connectivity index (χ2v) is 3.82. The van der Waals surface area contributed by atoms with E-state index in [1.807, 2.05) is 19.2 Å². The van der Waals surface area contributed by atoms with Gasteiger partial charge in [-0.1, -0.05) is 0 Å². The van der Waals surface area contributed by atoms with Crippen LogP contribution in [0, 0.1) is 0 Å². The van der Waals surface area contributed by atoms with Gasteiger partial charge in [-0.3, -0.25) is 4.98 Å². The molecule has 76 valence electrons. The highest BCUT2D eigenvalue weighted by molar-refractivity contribution is 9.10. The number of aromatic nitrogens is 3. The van der Waals surface area contributed by atoms with Gasteiger partial charge in [-0.2, -0.15) is 0 Å². The van der Waals surface area contributed by atoms with E-state index in [1.54, 1.807) is 18.6 Å². The molecule has 0 aliphatic heterocycles. The van der Waals surface area contributed by atoms with Crippen LogP contribution in [0.5, 0.6) is 0 Å². The Bertz CT molecular complexity index is 472. The largest absolute Gasteiger partial charge is 0.373 e. The standard InChI is InChI=1S/C10H9BrN4/c1-12-9-2-3-14-10(15-9)7-4-8(11)6-13-5-7/h2-6H,1H3,(H,12,14,15). The summed E-state index contributed by atoms with van der Waals surface area (Å²) in [5, 5.41) is 2.97. The third-order valence-electron chi connectivity index (χ3n) is 1.87. The predicted molar refractivity (Wildman–Crippen MR) is 62.5 cm³/mol. The lowest BCUT2D eigenvalue weighted by Crippen LogP contribution is -1.95. The van der Waals surface area contributed by atoms with Crippen LogP contribution >= 0.6 is 15.9 Å². The van der Waals surface area contributed by atoms with E-state index in [0.29, 0.717) is 5.82 Å². The van der Waals surface area contributed by atoms with Crippen molar-refractivity contribution in [1.82, 2.24) is 15.0 Å². The van der Waals surface area contributed by atoms with Crippen molar-refractivity contribution in [2.75, 3.05) is 12.4 Å². The number of nitrogens with zero attached hydrogens (tertiary/aromatic N) is 3. The minimum absolute atomic E-state index is 0.663. The molecule has 0 aliphatic carbocycles. The van der Waals surface area contributed by atoms with Crippen molar-refractivity contribution in [2.24, 2.45) is 0 Å². The molecule has 2 aromatic rings. The van der Waals surface area contributed by atoms with E-state index in [2.05, 4.69) is 36.2 Å². The van der Waals surface area contributed by atoms with Gasteiger partial charge in [0.15, 0.2) is 5.82 Å². The smallest absolute Gasteiger partial charge is 0.163 e. The fourth-order valence-corrected chi connectivity index (χ4v) is 1.54. The number of nitrogens with one attached hydrogen (secondary N) is 1. The minimum Gasteiger partial charge on any atom is -0.373 e. The monoisotopic (exact) mass is 264 g/mol. The number of hydrogen-bond donors (Lipinski definition) is 1. The highest BCUT2D eigenvalue weighted by Crippen LogP contribution is 2.18. The maximum atomic E-state index is 4.32. The van der Waals surface area contributed by atoms with Gasteiger partial charge in [-0.05, 0) is 28.1 Å². The SMILES string of the molecule is CNc1ccnc(-c2cncc(Br)c2)n1. The number of anilines is 1. The molecule has 0 unspecified atom stereocenters. The molecule has 0 saturated carbocycles. The summed E-state index contributed by atoms with van der Waals surface area (Å²) in [4.78, 5) is 12.6. The Morgan fingerprint density at radius 2 is 2.20 bits per heavy atom. The summed E-state index contributed by atoms with van der Waals surface area (Å²) in [6, 6.07) is 3.75. The Morgan fingerprint density at radius 3 is 2.93 bits per heavy atom. The fraction of sp³-hybridized carbons (Fsp3) is 0.100. The Labute approximate surface area is 95.9 Å². The highest BCUT2D eigenvalue weighted by atomic mass is 79.9. The molecular formula is C10H9BrN4. The Kier molecular flexibility index (Phi) is 2.91. The van der Waals surface area contributed by atoms with E-state index >= 15 is 0 Å². The average molecular weight is 265 g/mol. The summed E-state index contributed by atoms with van der Waals surface area (Å²) in [5.74, 6) is 1.45. The van der Waals surface area contributed by atoms with E-state index in [1.165, 1.54) is 0 Å². The molecule has 0 amide bonds. The zero-order valence-corrected chi connectivity index (χ0v) is 9.69. The quantitative estimate of drug-likeness (QED) is 0.905. The van der Waals surface area contributed by atoms with Crippen LogP contribution in [0.1, 0.15) is 0 Å². The second-order valence-electron chi connectivity index (χ2n) is 2.91. The number of rotatable bonds is 2. The molecule has 0 saturated heterocycles. The molecule has 0 bridgehead atoms. The van der Waals surface area contributed by atoms with Crippen molar-refractivity contribution in [3.05, 3.63) is 35.2 Å². The Hall–Kier alpha value is -1.49. The van der Waals surface area contributed by atoms with Gasteiger partial charge in [0.05, 0.1) is 0 Å². The van der Waals surface area contributed by atoms with Gasteiger partial charge in [0, 0.05) is 35.7 Å². The summed E-state index contributed by atoms with van der Waals surface area (Å²) in [5.41, 5.74) is 0.890. The first kappa shape index (κ1) is 10.0. The molecule has 2 heterocycles. The van der Waals surface area contributed by atoms with Gasteiger partial charge in [-0.15, -0.1) is 0 Å². The van der Waals surface area contributed by atoms with E-state index in [4.69, 9.17) is 0 Å². The third kappa shape index (κ3) is 2.30. The van der Waals surface area contributed by atoms with Crippen molar-refractivity contribution in [3.63, 3.8) is 0 Å². The number of hydrogen-bond acceptors (Lipinski definition) is 4. The molecule has 2 aromatic heterocycles. The molecule has 5 heteroatoms. The van der Waals surface area contributed by atoms with Crippen LogP contribution in [0.15, 0.2) is 35.2 Å². The minimum atomic E-state index is 0.663. The molecule has 0 radical (unpaired) electrons.